The molecule has 0 spiro atoms. The maximum Gasteiger partial charge on any atom is 0.422 e. The monoisotopic (exact) mass is 337 g/mol. The first-order chi connectivity index (χ1) is 12.1. The maximum absolute atomic E-state index is 12.4. The second kappa shape index (κ2) is 7.00. The molecule has 6 heteroatoms. The van der Waals surface area contributed by atoms with Gasteiger partial charge in [0.1, 0.15) is 0 Å². The van der Waals surface area contributed by atoms with Crippen molar-refractivity contribution >= 4 is 24.0 Å². The number of hydrogen-bond donors (Lipinski definition) is 0. The van der Waals surface area contributed by atoms with Gasteiger partial charge in [0, 0.05) is 0 Å². The molecule has 0 bridgehead atoms. The molecule has 2 aromatic carbocycles. The van der Waals surface area contributed by atoms with E-state index in [1.54, 1.807) is 24.3 Å². The molecule has 2 aromatic rings. The van der Waals surface area contributed by atoms with Crippen LogP contribution in [0.4, 0.5) is 4.79 Å². The van der Waals surface area contributed by atoms with Crippen LogP contribution in [0.15, 0.2) is 60.4 Å². The number of amides is 2. The highest BCUT2D eigenvalue weighted by Gasteiger charge is 2.36. The van der Waals surface area contributed by atoms with E-state index in [9.17, 15) is 14.4 Å². The molecule has 2 amide bonds. The fraction of sp³-hybridized carbons (Fsp3) is 0.105. The summed E-state index contributed by atoms with van der Waals surface area (Å²) in [7, 11) is 1.30. The zero-order valence-corrected chi connectivity index (χ0v) is 13.5. The van der Waals surface area contributed by atoms with E-state index in [0.29, 0.717) is 11.1 Å². The summed E-state index contributed by atoms with van der Waals surface area (Å²) in [5, 5.41) is 0. The Morgan fingerprint density at radius 1 is 1.08 bits per heavy atom. The SMILES string of the molecule is COC(=O)c1ccc(/C=C2/OC(=O)N(Cc3ccccc3)C2=O)cc1. The van der Waals surface area contributed by atoms with Gasteiger partial charge in [0.25, 0.3) is 5.91 Å². The summed E-state index contributed by atoms with van der Waals surface area (Å²) in [4.78, 5) is 36.8. The predicted molar refractivity (Wildman–Crippen MR) is 89.2 cm³/mol. The summed E-state index contributed by atoms with van der Waals surface area (Å²) in [6.45, 7) is 0.150. The lowest BCUT2D eigenvalue weighted by atomic mass is 10.1. The minimum absolute atomic E-state index is 0.0493. The predicted octanol–water partition coefficient (Wildman–Crippen LogP) is 2.99. The van der Waals surface area contributed by atoms with Crippen molar-refractivity contribution in [1.29, 1.82) is 0 Å². The summed E-state index contributed by atoms with van der Waals surface area (Å²) >= 11 is 0. The van der Waals surface area contributed by atoms with Crippen LogP contribution in [0.1, 0.15) is 21.5 Å². The third kappa shape index (κ3) is 3.58. The molecule has 0 aliphatic carbocycles. The number of hydrogen-bond acceptors (Lipinski definition) is 5. The molecular formula is C19H15NO5. The van der Waals surface area contributed by atoms with Crippen molar-refractivity contribution in [1.82, 2.24) is 4.90 Å². The van der Waals surface area contributed by atoms with E-state index < -0.39 is 18.0 Å². The van der Waals surface area contributed by atoms with Crippen molar-refractivity contribution in [2.45, 2.75) is 6.54 Å². The van der Waals surface area contributed by atoms with Gasteiger partial charge in [-0.3, -0.25) is 4.79 Å². The van der Waals surface area contributed by atoms with Crippen molar-refractivity contribution in [2.75, 3.05) is 7.11 Å². The first kappa shape index (κ1) is 16.4. The number of imide groups is 1. The van der Waals surface area contributed by atoms with E-state index in [2.05, 4.69) is 4.74 Å². The van der Waals surface area contributed by atoms with Crippen LogP contribution in [-0.4, -0.2) is 30.0 Å². The van der Waals surface area contributed by atoms with E-state index in [1.807, 2.05) is 30.3 Å². The number of carbonyl (C=O) groups excluding carboxylic acids is 3. The van der Waals surface area contributed by atoms with Crippen molar-refractivity contribution < 1.29 is 23.9 Å². The molecular weight excluding hydrogens is 322 g/mol. The molecule has 1 saturated heterocycles. The highest BCUT2D eigenvalue weighted by Crippen LogP contribution is 2.22. The van der Waals surface area contributed by atoms with Crippen molar-refractivity contribution in [3.63, 3.8) is 0 Å². The summed E-state index contributed by atoms with van der Waals surface area (Å²) in [5.41, 5.74) is 1.85. The van der Waals surface area contributed by atoms with Crippen molar-refractivity contribution in [3.05, 3.63) is 77.0 Å². The van der Waals surface area contributed by atoms with Crippen LogP contribution in [0, 0.1) is 0 Å². The van der Waals surface area contributed by atoms with Gasteiger partial charge in [-0.05, 0) is 29.3 Å². The number of nitrogens with zero attached hydrogens (tertiary/aromatic N) is 1. The fourth-order valence-corrected chi connectivity index (χ4v) is 2.39. The Morgan fingerprint density at radius 2 is 1.76 bits per heavy atom. The zero-order valence-electron chi connectivity index (χ0n) is 13.5. The first-order valence-corrected chi connectivity index (χ1v) is 7.56. The van der Waals surface area contributed by atoms with E-state index in [0.717, 1.165) is 10.5 Å². The molecule has 0 N–H and O–H groups in total. The number of carbonyl (C=O) groups is 3. The van der Waals surface area contributed by atoms with Crippen LogP contribution < -0.4 is 0 Å². The molecule has 0 unspecified atom stereocenters. The van der Waals surface area contributed by atoms with Gasteiger partial charge < -0.3 is 9.47 Å². The van der Waals surface area contributed by atoms with Crippen molar-refractivity contribution in [2.24, 2.45) is 0 Å². The van der Waals surface area contributed by atoms with E-state index >= 15 is 0 Å². The number of ether oxygens (including phenoxy) is 2. The molecule has 0 saturated carbocycles. The molecule has 0 aromatic heterocycles. The van der Waals surface area contributed by atoms with Crippen LogP contribution in [0.3, 0.4) is 0 Å². The van der Waals surface area contributed by atoms with Gasteiger partial charge in [0.05, 0.1) is 19.2 Å². The number of benzene rings is 2. The molecule has 0 radical (unpaired) electrons. The Bertz CT molecular complexity index is 840. The standard InChI is InChI=1S/C19H15NO5/c1-24-18(22)15-9-7-13(8-10-15)11-16-17(21)20(19(23)25-16)12-14-5-3-2-4-6-14/h2-11H,12H2,1H3/b16-11+. The zero-order chi connectivity index (χ0) is 17.8. The number of esters is 1. The van der Waals surface area contributed by atoms with E-state index in [1.165, 1.54) is 13.2 Å². The summed E-state index contributed by atoms with van der Waals surface area (Å²) < 4.78 is 9.70. The summed E-state index contributed by atoms with van der Waals surface area (Å²) in [6, 6.07) is 15.6. The highest BCUT2D eigenvalue weighted by atomic mass is 16.6. The number of methoxy groups -OCH3 is 1. The quantitative estimate of drug-likeness (QED) is 0.633. The molecule has 1 heterocycles. The van der Waals surface area contributed by atoms with Gasteiger partial charge in [-0.25, -0.2) is 14.5 Å². The van der Waals surface area contributed by atoms with Crippen molar-refractivity contribution in [3.8, 4) is 0 Å². The first-order valence-electron chi connectivity index (χ1n) is 7.56. The van der Waals surface area contributed by atoms with Gasteiger partial charge in [-0.1, -0.05) is 42.5 Å². The van der Waals surface area contributed by atoms with E-state index in [-0.39, 0.29) is 12.3 Å². The Kier molecular flexibility index (Phi) is 4.61. The molecule has 0 atom stereocenters. The summed E-state index contributed by atoms with van der Waals surface area (Å²) in [6.07, 6.45) is 0.762. The molecule has 3 rings (SSSR count). The normalized spacial score (nSPS) is 15.4. The lowest BCUT2D eigenvalue weighted by molar-refractivity contribution is -0.123. The highest BCUT2D eigenvalue weighted by molar-refractivity contribution is 6.09. The third-order valence-corrected chi connectivity index (χ3v) is 3.69. The molecule has 1 aliphatic heterocycles. The fourth-order valence-electron chi connectivity index (χ4n) is 2.39. The third-order valence-electron chi connectivity index (χ3n) is 3.69. The minimum atomic E-state index is -0.703. The Labute approximate surface area is 144 Å². The van der Waals surface area contributed by atoms with Crippen LogP contribution in [0.2, 0.25) is 0 Å². The lowest BCUT2D eigenvalue weighted by Crippen LogP contribution is -2.28. The van der Waals surface area contributed by atoms with Crippen LogP contribution in [0.5, 0.6) is 0 Å². The molecule has 6 nitrogen and oxygen atoms in total. The lowest BCUT2D eigenvalue weighted by Gasteiger charge is -2.09. The largest absolute Gasteiger partial charge is 0.465 e. The topological polar surface area (TPSA) is 72.9 Å². The Hall–Kier alpha value is -3.41. The molecule has 126 valence electrons. The smallest absolute Gasteiger partial charge is 0.422 e. The average molecular weight is 337 g/mol. The molecule has 1 aliphatic rings. The van der Waals surface area contributed by atoms with Gasteiger partial charge in [-0.2, -0.15) is 0 Å². The second-order valence-electron chi connectivity index (χ2n) is 5.37. The Morgan fingerprint density at radius 3 is 2.40 bits per heavy atom. The molecule has 1 fully saturated rings. The van der Waals surface area contributed by atoms with E-state index in [4.69, 9.17) is 4.74 Å². The van der Waals surface area contributed by atoms with Gasteiger partial charge >= 0.3 is 12.1 Å². The van der Waals surface area contributed by atoms with Crippen LogP contribution in [0.25, 0.3) is 6.08 Å². The number of rotatable bonds is 4. The maximum atomic E-state index is 12.4. The summed E-state index contributed by atoms with van der Waals surface area (Å²) in [5.74, 6) is -0.991. The average Bonchev–Trinajstić information content (AvgIpc) is 2.90. The minimum Gasteiger partial charge on any atom is -0.465 e. The van der Waals surface area contributed by atoms with Gasteiger partial charge in [0.2, 0.25) is 0 Å². The van der Waals surface area contributed by atoms with Gasteiger partial charge in [0.15, 0.2) is 5.76 Å². The van der Waals surface area contributed by atoms with Crippen LogP contribution >= 0.6 is 0 Å². The van der Waals surface area contributed by atoms with Gasteiger partial charge in [-0.15, -0.1) is 0 Å². The number of cyclic esters (lactones) is 1. The second-order valence-corrected chi connectivity index (χ2v) is 5.37. The molecule has 25 heavy (non-hydrogen) atoms. The van der Waals surface area contributed by atoms with Crippen LogP contribution in [-0.2, 0) is 20.8 Å². The Balaban J connectivity index is 1.77.